The topological polar surface area (TPSA) is 72.5 Å². The van der Waals surface area contributed by atoms with Crippen molar-refractivity contribution in [3.05, 3.63) is 35.6 Å². The first kappa shape index (κ1) is 9.98. The summed E-state index contributed by atoms with van der Waals surface area (Å²) in [6.07, 6.45) is 8.03. The lowest BCUT2D eigenvalue weighted by atomic mass is 9.88. The van der Waals surface area contributed by atoms with Crippen molar-refractivity contribution in [1.82, 2.24) is 0 Å². The summed E-state index contributed by atoms with van der Waals surface area (Å²) in [7, 11) is 0. The minimum absolute atomic E-state index is 0.0412. The number of aliphatic carboxylic acids is 1. The van der Waals surface area contributed by atoms with Crippen LogP contribution in [-0.2, 0) is 9.53 Å². The van der Waals surface area contributed by atoms with Crippen LogP contribution in [0.2, 0.25) is 0 Å². The zero-order valence-corrected chi connectivity index (χ0v) is 8.22. The molecule has 1 aliphatic carbocycles. The largest absolute Gasteiger partial charge is 0.478 e. The number of carboxylic acid groups (broad SMARTS) is 1. The fraction of sp³-hybridized carbons (Fsp3) is 0.364. The highest BCUT2D eigenvalue weighted by Crippen LogP contribution is 2.34. The molecule has 0 saturated heterocycles. The predicted molar refractivity (Wildman–Crippen MR) is 55.0 cm³/mol. The Hall–Kier alpha value is -1.55. The number of carboxylic acids is 1. The molecular weight excluding hydrogens is 194 g/mol. The van der Waals surface area contributed by atoms with E-state index in [1.54, 1.807) is 6.08 Å². The van der Waals surface area contributed by atoms with Crippen LogP contribution >= 0.6 is 0 Å². The fourth-order valence-electron chi connectivity index (χ4n) is 1.93. The van der Waals surface area contributed by atoms with E-state index in [1.165, 1.54) is 0 Å². The second-order valence-corrected chi connectivity index (χ2v) is 3.61. The van der Waals surface area contributed by atoms with Gasteiger partial charge in [-0.15, -0.1) is 0 Å². The first-order valence-electron chi connectivity index (χ1n) is 4.91. The smallest absolute Gasteiger partial charge is 0.370 e. The minimum Gasteiger partial charge on any atom is -0.478 e. The summed E-state index contributed by atoms with van der Waals surface area (Å²) in [6, 6.07) is 0. The van der Waals surface area contributed by atoms with Gasteiger partial charge in [0, 0.05) is 5.92 Å². The molecule has 0 saturated carbocycles. The second kappa shape index (κ2) is 3.90. The molecule has 1 aliphatic heterocycles. The summed E-state index contributed by atoms with van der Waals surface area (Å²) >= 11 is 0. The molecule has 2 unspecified atom stereocenters. The molecule has 0 fully saturated rings. The highest BCUT2D eigenvalue weighted by Gasteiger charge is 2.33. The van der Waals surface area contributed by atoms with E-state index in [-0.39, 0.29) is 17.8 Å². The van der Waals surface area contributed by atoms with Crippen LogP contribution < -0.4 is 5.73 Å². The van der Waals surface area contributed by atoms with Gasteiger partial charge in [-0.1, -0.05) is 17.7 Å². The molecule has 4 heteroatoms. The molecule has 0 aromatic rings. The van der Waals surface area contributed by atoms with Crippen molar-refractivity contribution in [3.63, 3.8) is 0 Å². The Balaban J connectivity index is 2.20. The van der Waals surface area contributed by atoms with E-state index in [0.717, 1.165) is 12.0 Å². The van der Waals surface area contributed by atoms with Crippen LogP contribution in [0.4, 0.5) is 0 Å². The molecule has 2 aliphatic rings. The average molecular weight is 207 g/mol. The molecule has 80 valence electrons. The van der Waals surface area contributed by atoms with E-state index < -0.39 is 5.97 Å². The summed E-state index contributed by atoms with van der Waals surface area (Å²) < 4.78 is 5.30. The molecule has 3 N–H and O–H groups in total. The molecular formula is C11H13NO3. The molecule has 0 radical (unpaired) electrons. The Bertz CT molecular complexity index is 368. The van der Waals surface area contributed by atoms with E-state index in [9.17, 15) is 4.79 Å². The molecule has 0 bridgehead atoms. The average Bonchev–Trinajstić information content (AvgIpc) is 2.63. The van der Waals surface area contributed by atoms with Crippen LogP contribution in [-0.4, -0.2) is 23.7 Å². The first-order valence-corrected chi connectivity index (χ1v) is 4.91. The number of rotatable bonds is 3. The van der Waals surface area contributed by atoms with Gasteiger partial charge in [-0.3, -0.25) is 0 Å². The minimum atomic E-state index is -1.01. The highest BCUT2D eigenvalue weighted by atomic mass is 16.5. The molecule has 2 atom stereocenters. The van der Waals surface area contributed by atoms with E-state index >= 15 is 0 Å². The summed E-state index contributed by atoms with van der Waals surface area (Å²) in [6.45, 7) is 0.569. The molecule has 0 amide bonds. The Labute approximate surface area is 87.7 Å². The second-order valence-electron chi connectivity index (χ2n) is 3.61. The molecule has 4 nitrogen and oxygen atoms in total. The predicted octanol–water partition coefficient (Wildman–Crippen LogP) is 0.815. The maximum atomic E-state index is 10.7. The standard InChI is InChI=1S/C11H13NO3/c12-5-4-7-2-1-3-9-8(7)6-10(15-9)11(13)14/h1-3,6,8-9H,4-5,12H2,(H,13,14). The van der Waals surface area contributed by atoms with Crippen molar-refractivity contribution in [2.45, 2.75) is 12.5 Å². The van der Waals surface area contributed by atoms with Gasteiger partial charge in [-0.25, -0.2) is 4.79 Å². The van der Waals surface area contributed by atoms with E-state index in [1.807, 2.05) is 18.2 Å². The normalized spacial score (nSPS) is 27.8. The number of nitrogens with two attached hydrogens (primary N) is 1. The maximum Gasteiger partial charge on any atom is 0.370 e. The Kier molecular flexibility index (Phi) is 2.60. The molecule has 1 heterocycles. The third kappa shape index (κ3) is 1.80. The summed E-state index contributed by atoms with van der Waals surface area (Å²) in [5.74, 6) is -0.922. The molecule has 15 heavy (non-hydrogen) atoms. The summed E-state index contributed by atoms with van der Waals surface area (Å²) in [4.78, 5) is 10.7. The zero-order valence-electron chi connectivity index (χ0n) is 8.22. The van der Waals surface area contributed by atoms with Crippen LogP contribution in [0.1, 0.15) is 6.42 Å². The van der Waals surface area contributed by atoms with Crippen molar-refractivity contribution in [1.29, 1.82) is 0 Å². The van der Waals surface area contributed by atoms with Gasteiger partial charge in [0.15, 0.2) is 0 Å². The van der Waals surface area contributed by atoms with Crippen molar-refractivity contribution in [3.8, 4) is 0 Å². The van der Waals surface area contributed by atoms with Crippen LogP contribution in [0.15, 0.2) is 35.6 Å². The summed E-state index contributed by atoms with van der Waals surface area (Å²) in [5.41, 5.74) is 6.63. The van der Waals surface area contributed by atoms with Gasteiger partial charge in [0.25, 0.3) is 0 Å². The van der Waals surface area contributed by atoms with Gasteiger partial charge in [0.1, 0.15) is 6.10 Å². The van der Waals surface area contributed by atoms with Crippen molar-refractivity contribution in [2.24, 2.45) is 11.7 Å². The molecule has 2 rings (SSSR count). The number of carbonyl (C=O) groups is 1. The molecule has 0 spiro atoms. The van der Waals surface area contributed by atoms with E-state index in [2.05, 4.69) is 0 Å². The van der Waals surface area contributed by atoms with Gasteiger partial charge in [-0.2, -0.15) is 0 Å². The van der Waals surface area contributed by atoms with Gasteiger partial charge in [0.2, 0.25) is 5.76 Å². The number of fused-ring (bicyclic) bond motifs is 1. The van der Waals surface area contributed by atoms with E-state index in [0.29, 0.717) is 6.54 Å². The lowest BCUT2D eigenvalue weighted by Crippen LogP contribution is -2.20. The van der Waals surface area contributed by atoms with Crippen LogP contribution in [0.3, 0.4) is 0 Å². The van der Waals surface area contributed by atoms with E-state index in [4.69, 9.17) is 15.6 Å². The van der Waals surface area contributed by atoms with Gasteiger partial charge in [-0.05, 0) is 25.1 Å². The fourth-order valence-corrected chi connectivity index (χ4v) is 1.93. The highest BCUT2D eigenvalue weighted by molar-refractivity contribution is 5.85. The Morgan fingerprint density at radius 3 is 3.07 bits per heavy atom. The lowest BCUT2D eigenvalue weighted by Gasteiger charge is -2.21. The van der Waals surface area contributed by atoms with Gasteiger partial charge in [0.05, 0.1) is 0 Å². The third-order valence-corrected chi connectivity index (χ3v) is 2.63. The van der Waals surface area contributed by atoms with Crippen LogP contribution in [0.5, 0.6) is 0 Å². The number of hydrogen-bond donors (Lipinski definition) is 2. The van der Waals surface area contributed by atoms with Crippen LogP contribution in [0.25, 0.3) is 0 Å². The van der Waals surface area contributed by atoms with Crippen molar-refractivity contribution >= 4 is 5.97 Å². The lowest BCUT2D eigenvalue weighted by molar-refractivity contribution is -0.136. The Morgan fingerprint density at radius 1 is 1.60 bits per heavy atom. The maximum absolute atomic E-state index is 10.7. The van der Waals surface area contributed by atoms with Crippen LogP contribution in [0, 0.1) is 5.92 Å². The molecule has 0 aromatic heterocycles. The summed E-state index contributed by atoms with van der Waals surface area (Å²) in [5, 5.41) is 8.81. The SMILES string of the molecule is NCCC1=CC=CC2OC(C(=O)O)=CC12. The monoisotopic (exact) mass is 207 g/mol. The van der Waals surface area contributed by atoms with Crippen molar-refractivity contribution in [2.75, 3.05) is 6.54 Å². The van der Waals surface area contributed by atoms with Gasteiger partial charge >= 0.3 is 5.97 Å². The molecule has 0 aromatic carbocycles. The van der Waals surface area contributed by atoms with Gasteiger partial charge < -0.3 is 15.6 Å². The third-order valence-electron chi connectivity index (χ3n) is 2.63. The number of ether oxygens (including phenoxy) is 1. The number of allylic oxidation sites excluding steroid dienone is 2. The first-order chi connectivity index (χ1) is 7.22. The van der Waals surface area contributed by atoms with Crippen molar-refractivity contribution < 1.29 is 14.6 Å². The number of hydrogen-bond acceptors (Lipinski definition) is 3. The zero-order chi connectivity index (χ0) is 10.8. The quantitative estimate of drug-likeness (QED) is 0.718. The Morgan fingerprint density at radius 2 is 2.40 bits per heavy atom.